The lowest BCUT2D eigenvalue weighted by molar-refractivity contribution is 0.419. The minimum absolute atomic E-state index is 0.804. The molecule has 0 atom stereocenters. The van der Waals surface area contributed by atoms with Crippen LogP contribution in [-0.2, 0) is 5.33 Å². The first kappa shape index (κ1) is 8.56. The van der Waals surface area contributed by atoms with E-state index in [-0.39, 0.29) is 0 Å². The summed E-state index contributed by atoms with van der Waals surface area (Å²) >= 11 is 3.42. The summed E-state index contributed by atoms with van der Waals surface area (Å²) in [4.78, 5) is 7.29. The number of imidazole rings is 1. The summed E-state index contributed by atoms with van der Waals surface area (Å²) < 4.78 is 5.20. The van der Waals surface area contributed by atoms with E-state index in [4.69, 9.17) is 4.74 Å². The van der Waals surface area contributed by atoms with Crippen LogP contribution in [0.4, 0.5) is 0 Å². The molecule has 0 saturated heterocycles. The van der Waals surface area contributed by atoms with Crippen LogP contribution in [0.2, 0.25) is 0 Å². The number of methoxy groups -OCH3 is 1. The van der Waals surface area contributed by atoms with Crippen LogP contribution in [0.5, 0.6) is 5.75 Å². The minimum atomic E-state index is 0.804. The van der Waals surface area contributed by atoms with E-state index in [0.717, 1.165) is 27.7 Å². The fraction of sp³-hybridized carbons (Fsp3) is 0.222. The average Bonchev–Trinajstić information content (AvgIpc) is 2.64. The van der Waals surface area contributed by atoms with Gasteiger partial charge in [0.05, 0.1) is 19.0 Å². The Kier molecular flexibility index (Phi) is 2.22. The molecule has 13 heavy (non-hydrogen) atoms. The zero-order valence-electron chi connectivity index (χ0n) is 7.17. The number of H-pyrrole nitrogens is 1. The van der Waals surface area contributed by atoms with E-state index < -0.39 is 0 Å². The number of rotatable bonds is 2. The van der Waals surface area contributed by atoms with Crippen molar-refractivity contribution in [3.05, 3.63) is 24.0 Å². The molecule has 2 aromatic rings. The fourth-order valence-corrected chi connectivity index (χ4v) is 1.79. The topological polar surface area (TPSA) is 37.9 Å². The largest absolute Gasteiger partial charge is 0.494 e. The highest BCUT2D eigenvalue weighted by atomic mass is 79.9. The number of ether oxygens (including phenoxy) is 1. The Bertz CT molecular complexity index is 386. The second-order valence-electron chi connectivity index (χ2n) is 2.69. The van der Waals surface area contributed by atoms with E-state index in [1.807, 2.05) is 12.1 Å². The molecule has 0 aliphatic heterocycles. The van der Waals surface area contributed by atoms with E-state index in [0.29, 0.717) is 0 Å². The number of aromatic amines is 1. The first-order valence-electron chi connectivity index (χ1n) is 3.91. The summed E-state index contributed by atoms with van der Waals surface area (Å²) in [6.07, 6.45) is 1.68. The third-order valence-corrected chi connectivity index (χ3v) is 2.59. The zero-order chi connectivity index (χ0) is 9.26. The number of alkyl halides is 1. The monoisotopic (exact) mass is 240 g/mol. The van der Waals surface area contributed by atoms with Crippen LogP contribution in [0.1, 0.15) is 5.56 Å². The lowest BCUT2D eigenvalue weighted by atomic mass is 10.2. The molecule has 0 amide bonds. The van der Waals surface area contributed by atoms with Crippen molar-refractivity contribution in [2.75, 3.05) is 7.11 Å². The van der Waals surface area contributed by atoms with E-state index >= 15 is 0 Å². The highest BCUT2D eigenvalue weighted by Gasteiger charge is 2.07. The molecule has 3 nitrogen and oxygen atoms in total. The molecule has 0 bridgehead atoms. The maximum atomic E-state index is 5.20. The number of hydrogen-bond donors (Lipinski definition) is 1. The van der Waals surface area contributed by atoms with Gasteiger partial charge < -0.3 is 9.72 Å². The molecule has 1 aromatic heterocycles. The molecule has 2 rings (SSSR count). The van der Waals surface area contributed by atoms with Gasteiger partial charge in [-0.3, -0.25) is 0 Å². The van der Waals surface area contributed by atoms with Crippen molar-refractivity contribution in [3.63, 3.8) is 0 Å². The number of benzene rings is 1. The molecule has 0 aliphatic carbocycles. The molecule has 4 heteroatoms. The van der Waals surface area contributed by atoms with Gasteiger partial charge in [-0.15, -0.1) is 0 Å². The average molecular weight is 241 g/mol. The van der Waals surface area contributed by atoms with Gasteiger partial charge in [-0.2, -0.15) is 0 Å². The third kappa shape index (κ3) is 1.31. The highest BCUT2D eigenvalue weighted by Crippen LogP contribution is 2.26. The standard InChI is InChI=1S/C9H9BrN2O/c1-13-7-3-2-6(4-10)8-9(7)12-5-11-8/h2-3,5H,4H2,1H3,(H,11,12). The van der Waals surface area contributed by atoms with E-state index in [9.17, 15) is 0 Å². The number of aromatic nitrogens is 2. The summed E-state index contributed by atoms with van der Waals surface area (Å²) in [7, 11) is 1.66. The molecule has 0 aliphatic rings. The van der Waals surface area contributed by atoms with Gasteiger partial charge in [0.2, 0.25) is 0 Å². The molecule has 68 valence electrons. The van der Waals surface area contributed by atoms with Crippen LogP contribution in [0.15, 0.2) is 18.5 Å². The normalized spacial score (nSPS) is 10.6. The van der Waals surface area contributed by atoms with Gasteiger partial charge in [0, 0.05) is 5.33 Å². The fourth-order valence-electron chi connectivity index (χ4n) is 1.34. The van der Waals surface area contributed by atoms with Crippen molar-refractivity contribution in [1.82, 2.24) is 9.97 Å². The Balaban J connectivity index is 2.74. The van der Waals surface area contributed by atoms with Gasteiger partial charge in [-0.05, 0) is 11.6 Å². The van der Waals surface area contributed by atoms with Crippen molar-refractivity contribution in [2.24, 2.45) is 0 Å². The number of nitrogens with zero attached hydrogens (tertiary/aromatic N) is 1. The Morgan fingerprint density at radius 2 is 2.38 bits per heavy atom. The highest BCUT2D eigenvalue weighted by molar-refractivity contribution is 9.08. The second kappa shape index (κ2) is 3.38. The lowest BCUT2D eigenvalue weighted by Crippen LogP contribution is -1.87. The van der Waals surface area contributed by atoms with Crippen molar-refractivity contribution >= 4 is 27.0 Å². The SMILES string of the molecule is COc1ccc(CBr)c2nc[nH]c12. The molecule has 1 aromatic carbocycles. The van der Waals surface area contributed by atoms with Crippen molar-refractivity contribution in [3.8, 4) is 5.75 Å². The van der Waals surface area contributed by atoms with Crippen LogP contribution < -0.4 is 4.74 Å². The van der Waals surface area contributed by atoms with Crippen LogP contribution in [0.3, 0.4) is 0 Å². The van der Waals surface area contributed by atoms with Crippen LogP contribution in [0.25, 0.3) is 11.0 Å². The molecule has 0 fully saturated rings. The Labute approximate surface area is 84.3 Å². The maximum absolute atomic E-state index is 5.20. The molecule has 0 saturated carbocycles. The number of fused-ring (bicyclic) bond motifs is 1. The van der Waals surface area contributed by atoms with Gasteiger partial charge in [0.15, 0.2) is 0 Å². The summed E-state index contributed by atoms with van der Waals surface area (Å²) in [5.41, 5.74) is 3.09. The number of halogens is 1. The number of nitrogens with one attached hydrogen (secondary N) is 1. The molecule has 1 N–H and O–H groups in total. The van der Waals surface area contributed by atoms with Crippen molar-refractivity contribution < 1.29 is 4.74 Å². The smallest absolute Gasteiger partial charge is 0.144 e. The molecule has 0 radical (unpaired) electrons. The Hall–Kier alpha value is -1.03. The molecule has 0 spiro atoms. The summed E-state index contributed by atoms with van der Waals surface area (Å²) in [5.74, 6) is 0.831. The van der Waals surface area contributed by atoms with Crippen LogP contribution in [0, 0.1) is 0 Å². The van der Waals surface area contributed by atoms with E-state index in [2.05, 4.69) is 25.9 Å². The van der Waals surface area contributed by atoms with Crippen LogP contribution >= 0.6 is 15.9 Å². The second-order valence-corrected chi connectivity index (χ2v) is 3.25. The third-order valence-electron chi connectivity index (χ3n) is 1.99. The van der Waals surface area contributed by atoms with Gasteiger partial charge in [0.1, 0.15) is 11.3 Å². The van der Waals surface area contributed by atoms with Gasteiger partial charge in [0.25, 0.3) is 0 Å². The lowest BCUT2D eigenvalue weighted by Gasteiger charge is -2.02. The molecular formula is C9H9BrN2O. The van der Waals surface area contributed by atoms with Gasteiger partial charge in [-0.25, -0.2) is 4.98 Å². The van der Waals surface area contributed by atoms with E-state index in [1.54, 1.807) is 13.4 Å². The molecule has 1 heterocycles. The van der Waals surface area contributed by atoms with Crippen molar-refractivity contribution in [1.29, 1.82) is 0 Å². The van der Waals surface area contributed by atoms with Crippen LogP contribution in [-0.4, -0.2) is 17.1 Å². The first-order chi connectivity index (χ1) is 6.36. The molecular weight excluding hydrogens is 232 g/mol. The van der Waals surface area contributed by atoms with Crippen molar-refractivity contribution in [2.45, 2.75) is 5.33 Å². The zero-order valence-corrected chi connectivity index (χ0v) is 8.76. The van der Waals surface area contributed by atoms with Gasteiger partial charge in [-0.1, -0.05) is 22.0 Å². The first-order valence-corrected chi connectivity index (χ1v) is 5.04. The summed E-state index contributed by atoms with van der Waals surface area (Å²) in [6.45, 7) is 0. The minimum Gasteiger partial charge on any atom is -0.494 e. The Morgan fingerprint density at radius 1 is 1.54 bits per heavy atom. The van der Waals surface area contributed by atoms with Gasteiger partial charge >= 0.3 is 0 Å². The number of hydrogen-bond acceptors (Lipinski definition) is 2. The maximum Gasteiger partial charge on any atom is 0.144 e. The predicted molar refractivity (Wildman–Crippen MR) is 55.3 cm³/mol. The van der Waals surface area contributed by atoms with E-state index in [1.165, 1.54) is 0 Å². The molecule has 0 unspecified atom stereocenters. The summed E-state index contributed by atoms with van der Waals surface area (Å²) in [5, 5.41) is 0.804. The predicted octanol–water partition coefficient (Wildman–Crippen LogP) is 2.47. The quantitative estimate of drug-likeness (QED) is 0.820. The summed E-state index contributed by atoms with van der Waals surface area (Å²) in [6, 6.07) is 3.95. The Morgan fingerprint density at radius 3 is 3.08 bits per heavy atom.